The Morgan fingerprint density at radius 1 is 1.36 bits per heavy atom. The summed E-state index contributed by atoms with van der Waals surface area (Å²) in [5.74, 6) is 0.812. The molecule has 0 N–H and O–H groups in total. The maximum atomic E-state index is 12.5. The molecule has 3 rings (SSSR count). The minimum atomic E-state index is 0.270. The van der Waals surface area contributed by atoms with Gasteiger partial charge in [0.25, 0.3) is 0 Å². The van der Waals surface area contributed by atoms with Gasteiger partial charge in [0.2, 0.25) is 5.91 Å². The van der Waals surface area contributed by atoms with E-state index in [1.54, 1.807) is 4.68 Å². The number of ether oxygens (including phenoxy) is 1. The van der Waals surface area contributed by atoms with Gasteiger partial charge in [0.15, 0.2) is 0 Å². The Labute approximate surface area is 132 Å². The molecule has 0 aliphatic carbocycles. The van der Waals surface area contributed by atoms with E-state index in [0.29, 0.717) is 18.4 Å². The Kier molecular flexibility index (Phi) is 4.78. The van der Waals surface area contributed by atoms with Crippen molar-refractivity contribution in [3.05, 3.63) is 18.0 Å². The Morgan fingerprint density at radius 3 is 2.82 bits per heavy atom. The fourth-order valence-corrected chi connectivity index (χ4v) is 3.55. The molecular formula is C16H26N4O2. The third-order valence-corrected chi connectivity index (χ3v) is 4.83. The minimum Gasteiger partial charge on any atom is -0.379 e. The van der Waals surface area contributed by atoms with Crippen LogP contribution in [0.3, 0.4) is 0 Å². The SMILES string of the molecule is C[C@@H]1CN(C(=O)CCc2cnn(C)c2)C[C@@H]1N1CCOCC1. The van der Waals surface area contributed by atoms with Crippen LogP contribution in [0.5, 0.6) is 0 Å². The average molecular weight is 306 g/mol. The summed E-state index contributed by atoms with van der Waals surface area (Å²) in [6.07, 6.45) is 5.18. The number of aryl methyl sites for hydroxylation is 2. The van der Waals surface area contributed by atoms with Gasteiger partial charge in [-0.05, 0) is 17.9 Å². The number of carbonyl (C=O) groups is 1. The molecular weight excluding hydrogens is 280 g/mol. The van der Waals surface area contributed by atoms with Crippen molar-refractivity contribution < 1.29 is 9.53 Å². The lowest BCUT2D eigenvalue weighted by Gasteiger charge is -2.34. The van der Waals surface area contributed by atoms with Gasteiger partial charge in [-0.3, -0.25) is 14.4 Å². The van der Waals surface area contributed by atoms with Crippen LogP contribution in [0.2, 0.25) is 0 Å². The van der Waals surface area contributed by atoms with Crippen LogP contribution in [-0.2, 0) is 23.0 Å². The van der Waals surface area contributed by atoms with E-state index in [1.807, 2.05) is 24.3 Å². The number of aromatic nitrogens is 2. The molecule has 1 aromatic heterocycles. The van der Waals surface area contributed by atoms with E-state index in [1.165, 1.54) is 0 Å². The molecule has 2 atom stereocenters. The van der Waals surface area contributed by atoms with Crippen molar-refractivity contribution in [2.24, 2.45) is 13.0 Å². The van der Waals surface area contributed by atoms with E-state index in [-0.39, 0.29) is 5.91 Å². The molecule has 2 aliphatic heterocycles. The molecule has 2 aliphatic rings. The summed E-state index contributed by atoms with van der Waals surface area (Å²) >= 11 is 0. The lowest BCUT2D eigenvalue weighted by atomic mass is 10.0. The van der Waals surface area contributed by atoms with Gasteiger partial charge in [-0.15, -0.1) is 0 Å². The van der Waals surface area contributed by atoms with Crippen LogP contribution in [0.15, 0.2) is 12.4 Å². The van der Waals surface area contributed by atoms with Gasteiger partial charge in [0.1, 0.15) is 0 Å². The highest BCUT2D eigenvalue weighted by Gasteiger charge is 2.36. The number of likely N-dealkylation sites (tertiary alicyclic amines) is 1. The number of hydrogen-bond acceptors (Lipinski definition) is 4. The summed E-state index contributed by atoms with van der Waals surface area (Å²) in [6, 6.07) is 0.492. The van der Waals surface area contributed by atoms with Crippen LogP contribution >= 0.6 is 0 Å². The van der Waals surface area contributed by atoms with Gasteiger partial charge in [0, 0.05) is 51.9 Å². The minimum absolute atomic E-state index is 0.270. The van der Waals surface area contributed by atoms with Gasteiger partial charge < -0.3 is 9.64 Å². The van der Waals surface area contributed by atoms with Crippen molar-refractivity contribution in [1.82, 2.24) is 19.6 Å². The van der Waals surface area contributed by atoms with Crippen LogP contribution in [0.4, 0.5) is 0 Å². The highest BCUT2D eigenvalue weighted by molar-refractivity contribution is 5.76. The summed E-state index contributed by atoms with van der Waals surface area (Å²) in [4.78, 5) is 17.0. The first-order valence-corrected chi connectivity index (χ1v) is 8.20. The fraction of sp³-hybridized carbons (Fsp3) is 0.750. The standard InChI is InChI=1S/C16H26N4O2/c1-13-10-20(12-15(13)19-5-7-22-8-6-19)16(21)4-3-14-9-17-18(2)11-14/h9,11,13,15H,3-8,10,12H2,1-2H3/t13-,15+/m1/s1. The molecule has 0 radical (unpaired) electrons. The lowest BCUT2D eigenvalue weighted by Crippen LogP contribution is -2.47. The zero-order valence-electron chi connectivity index (χ0n) is 13.6. The normalized spacial score (nSPS) is 26.5. The molecule has 0 bridgehead atoms. The van der Waals surface area contributed by atoms with E-state index in [2.05, 4.69) is 16.9 Å². The van der Waals surface area contributed by atoms with Crippen molar-refractivity contribution in [2.75, 3.05) is 39.4 Å². The zero-order valence-corrected chi connectivity index (χ0v) is 13.6. The summed E-state index contributed by atoms with van der Waals surface area (Å²) in [5.41, 5.74) is 1.13. The summed E-state index contributed by atoms with van der Waals surface area (Å²) in [7, 11) is 1.90. The fourth-order valence-electron chi connectivity index (χ4n) is 3.55. The van der Waals surface area contributed by atoms with Gasteiger partial charge in [0.05, 0.1) is 19.4 Å². The van der Waals surface area contributed by atoms with Crippen LogP contribution in [-0.4, -0.2) is 70.9 Å². The predicted molar refractivity (Wildman–Crippen MR) is 83.5 cm³/mol. The largest absolute Gasteiger partial charge is 0.379 e. The van der Waals surface area contributed by atoms with Crippen LogP contribution in [0.1, 0.15) is 18.9 Å². The second-order valence-electron chi connectivity index (χ2n) is 6.51. The molecule has 0 unspecified atom stereocenters. The zero-order chi connectivity index (χ0) is 15.5. The first-order valence-electron chi connectivity index (χ1n) is 8.20. The van der Waals surface area contributed by atoms with E-state index in [9.17, 15) is 4.79 Å². The number of hydrogen-bond donors (Lipinski definition) is 0. The van der Waals surface area contributed by atoms with Crippen LogP contribution in [0, 0.1) is 5.92 Å². The number of carbonyl (C=O) groups excluding carboxylic acids is 1. The van der Waals surface area contributed by atoms with Crippen molar-refractivity contribution in [2.45, 2.75) is 25.8 Å². The molecule has 0 saturated carbocycles. The number of nitrogens with zero attached hydrogens (tertiary/aromatic N) is 4. The summed E-state index contributed by atoms with van der Waals surface area (Å²) in [5, 5.41) is 4.15. The molecule has 6 heteroatoms. The average Bonchev–Trinajstić information content (AvgIpc) is 3.12. The molecule has 2 saturated heterocycles. The molecule has 0 aromatic carbocycles. The van der Waals surface area contributed by atoms with Crippen molar-refractivity contribution in [3.63, 3.8) is 0 Å². The predicted octanol–water partition coefficient (Wildman–Crippen LogP) is 0.532. The Morgan fingerprint density at radius 2 is 2.14 bits per heavy atom. The smallest absolute Gasteiger partial charge is 0.222 e. The maximum Gasteiger partial charge on any atom is 0.222 e. The maximum absolute atomic E-state index is 12.5. The van der Waals surface area contributed by atoms with Crippen molar-refractivity contribution >= 4 is 5.91 Å². The highest BCUT2D eigenvalue weighted by atomic mass is 16.5. The van der Waals surface area contributed by atoms with Crippen molar-refractivity contribution in [3.8, 4) is 0 Å². The van der Waals surface area contributed by atoms with Gasteiger partial charge >= 0.3 is 0 Å². The van der Waals surface area contributed by atoms with E-state index in [4.69, 9.17) is 4.74 Å². The first kappa shape index (κ1) is 15.5. The number of morpholine rings is 1. The van der Waals surface area contributed by atoms with E-state index < -0.39 is 0 Å². The lowest BCUT2D eigenvalue weighted by molar-refractivity contribution is -0.130. The quantitative estimate of drug-likeness (QED) is 0.814. The second-order valence-corrected chi connectivity index (χ2v) is 6.51. The Hall–Kier alpha value is -1.40. The summed E-state index contributed by atoms with van der Waals surface area (Å²) in [6.45, 7) is 7.63. The number of rotatable bonds is 4. The molecule has 2 fully saturated rings. The molecule has 22 heavy (non-hydrogen) atoms. The number of amides is 1. The molecule has 1 aromatic rings. The van der Waals surface area contributed by atoms with Crippen molar-refractivity contribution in [1.29, 1.82) is 0 Å². The molecule has 122 valence electrons. The molecule has 3 heterocycles. The Balaban J connectivity index is 1.51. The van der Waals surface area contributed by atoms with Gasteiger partial charge in [-0.1, -0.05) is 6.92 Å². The highest BCUT2D eigenvalue weighted by Crippen LogP contribution is 2.23. The summed E-state index contributed by atoms with van der Waals surface area (Å²) < 4.78 is 7.21. The Bertz CT molecular complexity index is 510. The van der Waals surface area contributed by atoms with E-state index >= 15 is 0 Å². The third kappa shape index (κ3) is 3.50. The van der Waals surface area contributed by atoms with Crippen LogP contribution < -0.4 is 0 Å². The monoisotopic (exact) mass is 306 g/mol. The van der Waals surface area contributed by atoms with Gasteiger partial charge in [-0.25, -0.2) is 0 Å². The second kappa shape index (κ2) is 6.79. The first-order chi connectivity index (χ1) is 10.6. The molecule has 1 amide bonds. The topological polar surface area (TPSA) is 50.6 Å². The van der Waals surface area contributed by atoms with E-state index in [0.717, 1.165) is 51.4 Å². The molecule has 0 spiro atoms. The molecule has 6 nitrogen and oxygen atoms in total. The third-order valence-electron chi connectivity index (χ3n) is 4.83. The van der Waals surface area contributed by atoms with Gasteiger partial charge in [-0.2, -0.15) is 5.10 Å². The van der Waals surface area contributed by atoms with Crippen LogP contribution in [0.25, 0.3) is 0 Å².